The first-order valence-electron chi connectivity index (χ1n) is 10.7. The number of aromatic hydroxyl groups is 1. The molecule has 3 heterocycles. The molecular formula is C21H32N5O3+. The fourth-order valence-electron chi connectivity index (χ4n) is 4.01. The van der Waals surface area contributed by atoms with Gasteiger partial charge < -0.3 is 10.4 Å². The van der Waals surface area contributed by atoms with Crippen LogP contribution in [0.5, 0.6) is 5.88 Å². The highest BCUT2D eigenvalue weighted by atomic mass is 16.3. The van der Waals surface area contributed by atoms with E-state index >= 15 is 0 Å². The molecular weight excluding hydrogens is 370 g/mol. The monoisotopic (exact) mass is 402 g/mol. The summed E-state index contributed by atoms with van der Waals surface area (Å²) in [5.74, 6) is -0.758. The molecule has 0 atom stereocenters. The first-order chi connectivity index (χ1) is 13.7. The standard InChI is InChI=1S/C21H31N5O3/c1-21(2,3)13-25-16-11-15(12-24-9-5-4-6-10-24)23-26(16)20(29)17(19(25)28)18(27)22-14-7-8-14/h11,14H,4-10,12-13H2,1-3H3,(H2,22,27,28,29)/p+1. The van der Waals surface area contributed by atoms with E-state index in [1.165, 1.54) is 23.8 Å². The first kappa shape index (κ1) is 19.9. The van der Waals surface area contributed by atoms with E-state index in [0.29, 0.717) is 12.2 Å². The molecule has 2 aliphatic rings. The van der Waals surface area contributed by atoms with Crippen LogP contribution in [0.1, 0.15) is 68.9 Å². The van der Waals surface area contributed by atoms with E-state index in [2.05, 4.69) is 36.1 Å². The number of likely N-dealkylation sites (tertiary alicyclic amines) is 1. The van der Waals surface area contributed by atoms with Crippen LogP contribution < -0.4 is 15.4 Å². The molecule has 2 aromatic heterocycles. The lowest BCUT2D eigenvalue weighted by atomic mass is 9.96. The number of aromatic amines is 1. The SMILES string of the molecule is CC(C)(C)C[n+]1c(O)c(C(=O)NC2CC2)c(=O)n2[nH]c(CN3CCCCC3)cc21. The molecule has 0 spiro atoms. The number of hydrogen-bond donors (Lipinski definition) is 3. The van der Waals surface area contributed by atoms with E-state index in [0.717, 1.165) is 38.2 Å². The summed E-state index contributed by atoms with van der Waals surface area (Å²) in [4.78, 5) is 28.2. The summed E-state index contributed by atoms with van der Waals surface area (Å²) in [5.41, 5.74) is 0.646. The molecule has 2 fully saturated rings. The Morgan fingerprint density at radius 2 is 1.97 bits per heavy atom. The van der Waals surface area contributed by atoms with Crippen molar-refractivity contribution in [3.63, 3.8) is 0 Å². The summed E-state index contributed by atoms with van der Waals surface area (Å²) in [7, 11) is 0. The second-order valence-corrected chi connectivity index (χ2v) is 9.71. The van der Waals surface area contributed by atoms with Gasteiger partial charge >= 0.3 is 17.1 Å². The zero-order chi connectivity index (χ0) is 20.8. The molecule has 1 saturated carbocycles. The molecule has 4 rings (SSSR count). The van der Waals surface area contributed by atoms with Crippen molar-refractivity contribution in [1.82, 2.24) is 19.8 Å². The Bertz CT molecular complexity index is 975. The number of rotatable bonds is 5. The number of amides is 1. The molecule has 1 amide bonds. The summed E-state index contributed by atoms with van der Waals surface area (Å²) < 4.78 is 3.09. The van der Waals surface area contributed by atoms with Crippen molar-refractivity contribution in [2.75, 3.05) is 13.1 Å². The van der Waals surface area contributed by atoms with Crippen LogP contribution in [-0.4, -0.2) is 44.7 Å². The van der Waals surface area contributed by atoms with Crippen LogP contribution in [0.25, 0.3) is 5.65 Å². The van der Waals surface area contributed by atoms with Gasteiger partial charge in [0.2, 0.25) is 5.56 Å². The van der Waals surface area contributed by atoms with Gasteiger partial charge in [-0.15, -0.1) is 0 Å². The summed E-state index contributed by atoms with van der Waals surface area (Å²) in [5, 5.41) is 16.9. The molecule has 158 valence electrons. The fraction of sp³-hybridized carbons (Fsp3) is 0.667. The Kier molecular flexibility index (Phi) is 5.14. The topological polar surface area (TPSA) is 93.7 Å². The lowest BCUT2D eigenvalue weighted by Crippen LogP contribution is -2.47. The largest absolute Gasteiger partial charge is 0.477 e. The molecule has 1 saturated heterocycles. The normalized spacial score (nSPS) is 18.3. The van der Waals surface area contributed by atoms with Crippen LogP contribution in [0, 0.1) is 5.41 Å². The summed E-state index contributed by atoms with van der Waals surface area (Å²) in [6.45, 7) is 9.48. The number of nitrogens with zero attached hydrogens (tertiary/aromatic N) is 3. The van der Waals surface area contributed by atoms with Crippen molar-refractivity contribution in [3.8, 4) is 5.88 Å². The Hall–Kier alpha value is -2.35. The number of H-pyrrole nitrogens is 1. The third-order valence-corrected chi connectivity index (χ3v) is 5.58. The minimum Gasteiger partial charge on any atom is -0.477 e. The second-order valence-electron chi connectivity index (χ2n) is 9.71. The zero-order valence-electron chi connectivity index (χ0n) is 17.6. The maximum absolute atomic E-state index is 13.1. The molecule has 1 aliphatic carbocycles. The Labute approximate surface area is 170 Å². The number of nitrogens with one attached hydrogen (secondary N) is 2. The number of carbonyl (C=O) groups excluding carboxylic acids is 1. The quantitative estimate of drug-likeness (QED) is 0.662. The summed E-state index contributed by atoms with van der Waals surface area (Å²) in [6.07, 6.45) is 5.48. The van der Waals surface area contributed by atoms with E-state index in [1.807, 2.05) is 6.07 Å². The number of hydrogen-bond acceptors (Lipinski definition) is 4. The summed E-state index contributed by atoms with van der Waals surface area (Å²) in [6, 6.07) is 2.03. The van der Waals surface area contributed by atoms with E-state index in [1.54, 1.807) is 4.57 Å². The number of piperidine rings is 1. The van der Waals surface area contributed by atoms with Gasteiger partial charge in [-0.1, -0.05) is 31.7 Å². The Balaban J connectivity index is 1.79. The predicted octanol–water partition coefficient (Wildman–Crippen LogP) is 1.54. The van der Waals surface area contributed by atoms with Crippen molar-refractivity contribution in [2.45, 2.75) is 72.0 Å². The fourth-order valence-corrected chi connectivity index (χ4v) is 4.01. The molecule has 0 radical (unpaired) electrons. The maximum Gasteiger partial charge on any atom is 0.378 e. The van der Waals surface area contributed by atoms with Crippen LogP contribution in [0.3, 0.4) is 0 Å². The van der Waals surface area contributed by atoms with Crippen molar-refractivity contribution >= 4 is 11.6 Å². The smallest absolute Gasteiger partial charge is 0.378 e. The molecule has 0 aromatic carbocycles. The number of fused-ring (bicyclic) bond motifs is 1. The zero-order valence-corrected chi connectivity index (χ0v) is 17.6. The molecule has 2 aromatic rings. The molecule has 29 heavy (non-hydrogen) atoms. The van der Waals surface area contributed by atoms with Crippen LogP contribution in [-0.2, 0) is 13.1 Å². The van der Waals surface area contributed by atoms with E-state index < -0.39 is 11.5 Å². The highest BCUT2D eigenvalue weighted by molar-refractivity contribution is 5.96. The third kappa shape index (κ3) is 4.32. The summed E-state index contributed by atoms with van der Waals surface area (Å²) >= 11 is 0. The molecule has 8 nitrogen and oxygen atoms in total. The molecule has 1 aliphatic heterocycles. The highest BCUT2D eigenvalue weighted by Gasteiger charge is 2.34. The van der Waals surface area contributed by atoms with E-state index in [-0.39, 0.29) is 22.9 Å². The van der Waals surface area contributed by atoms with Gasteiger partial charge in [0.1, 0.15) is 0 Å². The Morgan fingerprint density at radius 1 is 1.28 bits per heavy atom. The predicted molar refractivity (Wildman–Crippen MR) is 109 cm³/mol. The Morgan fingerprint density at radius 3 is 2.59 bits per heavy atom. The van der Waals surface area contributed by atoms with Crippen LogP contribution >= 0.6 is 0 Å². The number of aromatic nitrogens is 3. The van der Waals surface area contributed by atoms with Gasteiger partial charge in [0.15, 0.2) is 0 Å². The van der Waals surface area contributed by atoms with Gasteiger partial charge in [-0.05, 0) is 44.2 Å². The molecule has 8 heteroatoms. The van der Waals surface area contributed by atoms with Gasteiger partial charge in [0.25, 0.3) is 5.91 Å². The number of carbonyl (C=O) groups is 1. The van der Waals surface area contributed by atoms with E-state index in [9.17, 15) is 14.7 Å². The lowest BCUT2D eigenvalue weighted by Gasteiger charge is -2.25. The van der Waals surface area contributed by atoms with E-state index in [4.69, 9.17) is 0 Å². The molecule has 0 unspecified atom stereocenters. The van der Waals surface area contributed by atoms with Gasteiger partial charge in [-0.25, -0.2) is 9.89 Å². The van der Waals surface area contributed by atoms with Crippen molar-refractivity contribution < 1.29 is 14.5 Å². The van der Waals surface area contributed by atoms with Crippen molar-refractivity contribution in [1.29, 1.82) is 0 Å². The van der Waals surface area contributed by atoms with Crippen LogP contribution in [0.2, 0.25) is 0 Å². The van der Waals surface area contributed by atoms with Gasteiger partial charge in [0, 0.05) is 12.6 Å². The van der Waals surface area contributed by atoms with Gasteiger partial charge in [-0.3, -0.25) is 9.69 Å². The lowest BCUT2D eigenvalue weighted by molar-refractivity contribution is -0.692. The van der Waals surface area contributed by atoms with Crippen molar-refractivity contribution in [3.05, 3.63) is 27.7 Å². The highest BCUT2D eigenvalue weighted by Crippen LogP contribution is 2.22. The minimum absolute atomic E-state index is 0.108. The van der Waals surface area contributed by atoms with Gasteiger partial charge in [-0.2, -0.15) is 4.57 Å². The maximum atomic E-state index is 13.1. The minimum atomic E-state index is -0.509. The van der Waals surface area contributed by atoms with Crippen molar-refractivity contribution in [2.24, 2.45) is 5.41 Å². The van der Waals surface area contributed by atoms with Crippen LogP contribution in [0.4, 0.5) is 0 Å². The van der Waals surface area contributed by atoms with Crippen LogP contribution in [0.15, 0.2) is 10.9 Å². The third-order valence-electron chi connectivity index (χ3n) is 5.58. The molecule has 0 bridgehead atoms. The molecule has 3 N–H and O–H groups in total. The van der Waals surface area contributed by atoms with Gasteiger partial charge in [0.05, 0.1) is 18.3 Å². The second kappa shape index (κ2) is 7.48. The first-order valence-corrected chi connectivity index (χ1v) is 10.7. The average molecular weight is 403 g/mol. The average Bonchev–Trinajstić information content (AvgIpc) is 3.35.